The van der Waals surface area contributed by atoms with Crippen molar-refractivity contribution in [1.29, 1.82) is 0 Å². The molecule has 156 valence electrons. The molecule has 2 aromatic rings. The Bertz CT molecular complexity index is 1060. The lowest BCUT2D eigenvalue weighted by atomic mass is 10.0. The molecule has 2 aliphatic rings. The highest BCUT2D eigenvalue weighted by molar-refractivity contribution is 6.31. The monoisotopic (exact) mass is 431 g/mol. The Balaban J connectivity index is 1.47. The number of hydrogen-bond acceptors (Lipinski definition) is 4. The quantitative estimate of drug-likeness (QED) is 0.646. The van der Waals surface area contributed by atoms with Gasteiger partial charge in [-0.1, -0.05) is 17.7 Å². The van der Waals surface area contributed by atoms with E-state index in [0.717, 1.165) is 11.6 Å². The van der Waals surface area contributed by atoms with Crippen LogP contribution in [-0.4, -0.2) is 35.0 Å². The van der Waals surface area contributed by atoms with Gasteiger partial charge in [0.25, 0.3) is 11.8 Å². The number of fused-ring (bicyclic) bond motifs is 1. The van der Waals surface area contributed by atoms with Gasteiger partial charge in [0.15, 0.2) is 0 Å². The predicted molar refractivity (Wildman–Crippen MR) is 109 cm³/mol. The Morgan fingerprint density at radius 2 is 2.03 bits per heavy atom. The maximum atomic E-state index is 13.2. The number of aryl methyl sites for hydroxylation is 1. The topological polar surface area (TPSA) is 98.7 Å². The van der Waals surface area contributed by atoms with E-state index in [4.69, 9.17) is 11.6 Å². The molecule has 0 unspecified atom stereocenters. The van der Waals surface area contributed by atoms with E-state index in [1.54, 1.807) is 18.2 Å². The summed E-state index contributed by atoms with van der Waals surface area (Å²) in [5.41, 5.74) is 0.419. The molecule has 2 heterocycles. The summed E-state index contributed by atoms with van der Waals surface area (Å²) in [7, 11) is 0. The van der Waals surface area contributed by atoms with Crippen LogP contribution in [0.3, 0.4) is 0 Å². The van der Waals surface area contributed by atoms with Crippen molar-refractivity contribution in [2.75, 3.05) is 16.8 Å². The summed E-state index contributed by atoms with van der Waals surface area (Å²) < 4.78 is 13.2. The largest absolute Gasteiger partial charge is 0.372 e. The van der Waals surface area contributed by atoms with Crippen LogP contribution in [0.15, 0.2) is 36.4 Å². The van der Waals surface area contributed by atoms with Crippen LogP contribution in [0.4, 0.5) is 15.8 Å². The third-order valence-electron chi connectivity index (χ3n) is 5.42. The minimum atomic E-state index is -2.20. The van der Waals surface area contributed by atoms with Crippen molar-refractivity contribution >= 4 is 40.7 Å². The van der Waals surface area contributed by atoms with Gasteiger partial charge in [-0.05, 0) is 47.9 Å². The van der Waals surface area contributed by atoms with E-state index in [2.05, 4.69) is 10.6 Å². The number of halogens is 2. The second-order valence-corrected chi connectivity index (χ2v) is 7.78. The smallest absolute Gasteiger partial charge is 0.268 e. The molecule has 3 amide bonds. The van der Waals surface area contributed by atoms with E-state index >= 15 is 0 Å². The highest BCUT2D eigenvalue weighted by Crippen LogP contribution is 2.33. The van der Waals surface area contributed by atoms with E-state index < -0.39 is 23.2 Å². The van der Waals surface area contributed by atoms with Crippen molar-refractivity contribution in [3.63, 3.8) is 0 Å². The second-order valence-electron chi connectivity index (χ2n) is 7.38. The third-order valence-corrected chi connectivity index (χ3v) is 5.77. The zero-order valence-electron chi connectivity index (χ0n) is 15.9. The molecular weight excluding hydrogens is 413 g/mol. The maximum Gasteiger partial charge on any atom is 0.268 e. The molecule has 0 bridgehead atoms. The first-order chi connectivity index (χ1) is 14.3. The third kappa shape index (κ3) is 3.64. The molecule has 7 nitrogen and oxygen atoms in total. The Kier molecular flexibility index (Phi) is 5.21. The van der Waals surface area contributed by atoms with Gasteiger partial charge in [-0.25, -0.2) is 4.39 Å². The Labute approximate surface area is 176 Å². The van der Waals surface area contributed by atoms with Crippen LogP contribution in [0.25, 0.3) is 0 Å². The average molecular weight is 432 g/mol. The maximum absolute atomic E-state index is 13.2. The Morgan fingerprint density at radius 3 is 2.80 bits per heavy atom. The number of anilines is 2. The summed E-state index contributed by atoms with van der Waals surface area (Å²) in [6, 6.07) is 8.93. The van der Waals surface area contributed by atoms with Crippen molar-refractivity contribution in [2.24, 2.45) is 0 Å². The van der Waals surface area contributed by atoms with Gasteiger partial charge in [0, 0.05) is 42.3 Å². The first kappa shape index (κ1) is 20.3. The summed E-state index contributed by atoms with van der Waals surface area (Å²) in [5.74, 6) is -2.11. The van der Waals surface area contributed by atoms with Gasteiger partial charge < -0.3 is 20.6 Å². The zero-order valence-corrected chi connectivity index (χ0v) is 16.6. The SMILES string of the molecule is O=C1CCc2cc(N3CC[C@@](O)(C(=O)NCc4ccc(F)cc4Cl)C3=O)ccc2N1. The van der Waals surface area contributed by atoms with Crippen LogP contribution >= 0.6 is 11.6 Å². The second kappa shape index (κ2) is 7.70. The summed E-state index contributed by atoms with van der Waals surface area (Å²) >= 11 is 5.95. The number of amides is 3. The number of rotatable bonds is 4. The molecule has 30 heavy (non-hydrogen) atoms. The van der Waals surface area contributed by atoms with E-state index in [9.17, 15) is 23.9 Å². The summed E-state index contributed by atoms with van der Waals surface area (Å²) in [4.78, 5) is 38.3. The van der Waals surface area contributed by atoms with Crippen LogP contribution < -0.4 is 15.5 Å². The number of hydrogen-bond donors (Lipinski definition) is 3. The lowest BCUT2D eigenvalue weighted by Crippen LogP contribution is -2.52. The van der Waals surface area contributed by atoms with Crippen molar-refractivity contribution in [3.05, 3.63) is 58.4 Å². The lowest BCUT2D eigenvalue weighted by Gasteiger charge is -2.24. The number of carbonyl (C=O) groups is 3. The molecule has 3 N–H and O–H groups in total. The summed E-state index contributed by atoms with van der Waals surface area (Å²) in [6.45, 7) is 0.122. The molecule has 1 saturated heterocycles. The molecule has 0 aliphatic carbocycles. The van der Waals surface area contributed by atoms with Gasteiger partial charge in [-0.3, -0.25) is 14.4 Å². The molecule has 1 atom stereocenters. The van der Waals surface area contributed by atoms with Crippen LogP contribution in [-0.2, 0) is 27.3 Å². The van der Waals surface area contributed by atoms with Crippen molar-refractivity contribution in [2.45, 2.75) is 31.4 Å². The molecule has 2 aromatic carbocycles. The highest BCUT2D eigenvalue weighted by Gasteiger charge is 2.51. The first-order valence-electron chi connectivity index (χ1n) is 9.47. The molecular formula is C21H19ClFN3O4. The van der Waals surface area contributed by atoms with Gasteiger partial charge in [0.2, 0.25) is 11.5 Å². The summed E-state index contributed by atoms with van der Waals surface area (Å²) in [6.07, 6.45) is 0.853. The van der Waals surface area contributed by atoms with Gasteiger partial charge in [-0.2, -0.15) is 0 Å². The first-order valence-corrected chi connectivity index (χ1v) is 9.85. The minimum absolute atomic E-state index is 0.0495. The van der Waals surface area contributed by atoms with Crippen molar-refractivity contribution in [1.82, 2.24) is 5.32 Å². The predicted octanol–water partition coefficient (Wildman–Crippen LogP) is 2.15. The fourth-order valence-electron chi connectivity index (χ4n) is 3.69. The molecule has 1 fully saturated rings. The normalized spacial score (nSPS) is 20.7. The average Bonchev–Trinajstić information content (AvgIpc) is 3.02. The van der Waals surface area contributed by atoms with Gasteiger partial charge in [-0.15, -0.1) is 0 Å². The molecule has 0 radical (unpaired) electrons. The van der Waals surface area contributed by atoms with E-state index in [-0.39, 0.29) is 30.4 Å². The summed E-state index contributed by atoms with van der Waals surface area (Å²) in [5, 5.41) is 16.2. The van der Waals surface area contributed by atoms with Crippen molar-refractivity contribution < 1.29 is 23.9 Å². The number of nitrogens with one attached hydrogen (secondary N) is 2. The fraction of sp³-hybridized carbons (Fsp3) is 0.286. The lowest BCUT2D eigenvalue weighted by molar-refractivity contribution is -0.149. The van der Waals surface area contributed by atoms with E-state index in [0.29, 0.717) is 29.8 Å². The Morgan fingerprint density at radius 1 is 1.23 bits per heavy atom. The van der Waals surface area contributed by atoms with Gasteiger partial charge in [0.05, 0.1) is 0 Å². The van der Waals surface area contributed by atoms with Crippen LogP contribution in [0, 0.1) is 5.82 Å². The van der Waals surface area contributed by atoms with Crippen LogP contribution in [0.1, 0.15) is 24.0 Å². The van der Waals surface area contributed by atoms with Crippen LogP contribution in [0.2, 0.25) is 5.02 Å². The van der Waals surface area contributed by atoms with Gasteiger partial charge >= 0.3 is 0 Å². The molecule has 4 rings (SSSR count). The number of nitrogens with zero attached hydrogens (tertiary/aromatic N) is 1. The Hall–Kier alpha value is -2.97. The van der Waals surface area contributed by atoms with E-state index in [1.165, 1.54) is 17.0 Å². The van der Waals surface area contributed by atoms with E-state index in [1.807, 2.05) is 0 Å². The van der Waals surface area contributed by atoms with Gasteiger partial charge in [0.1, 0.15) is 5.82 Å². The molecule has 9 heteroatoms. The number of benzene rings is 2. The number of aliphatic hydroxyl groups is 1. The number of carbonyl (C=O) groups excluding carboxylic acids is 3. The van der Waals surface area contributed by atoms with Crippen molar-refractivity contribution in [3.8, 4) is 0 Å². The zero-order chi connectivity index (χ0) is 21.5. The standard InChI is InChI=1S/C21H19ClFN3O4/c22-16-10-14(23)3-1-13(16)11-24-19(28)21(30)7-8-26(20(21)29)15-4-5-17-12(9-15)2-6-18(27)25-17/h1,3-5,9-10,30H,2,6-8,11H2,(H,24,28)(H,25,27)/t21-/m1/s1. The minimum Gasteiger partial charge on any atom is -0.372 e. The molecule has 2 aliphatic heterocycles. The van der Waals surface area contributed by atoms with Crippen LogP contribution in [0.5, 0.6) is 0 Å². The highest BCUT2D eigenvalue weighted by atomic mass is 35.5. The molecule has 0 saturated carbocycles. The molecule has 0 aromatic heterocycles. The fourth-order valence-corrected chi connectivity index (χ4v) is 3.92. The molecule has 0 spiro atoms.